The quantitative estimate of drug-likeness (QED) is 0.658. The lowest BCUT2D eigenvalue weighted by atomic mass is 9.87. The summed E-state index contributed by atoms with van der Waals surface area (Å²) in [4.78, 5) is 33.7. The monoisotopic (exact) mass is 434 g/mol. The summed E-state index contributed by atoms with van der Waals surface area (Å²) in [5.41, 5.74) is 4.21. The molecule has 1 amide bonds. The number of likely N-dealkylation sites (tertiary alicyclic amines) is 1. The Hall–Kier alpha value is -3.00. The van der Waals surface area contributed by atoms with E-state index in [-0.39, 0.29) is 11.8 Å². The molecule has 5 rings (SSSR count). The number of hydrogen-bond donors (Lipinski definition) is 2. The number of carbonyl (C=O) groups is 1. The largest absolute Gasteiger partial charge is 0.381 e. The summed E-state index contributed by atoms with van der Waals surface area (Å²) in [7, 11) is 0. The Bertz CT molecular complexity index is 1140. The van der Waals surface area contributed by atoms with Crippen molar-refractivity contribution in [3.8, 4) is 0 Å². The molecule has 168 valence electrons. The number of fused-ring (bicyclic) bond motifs is 2. The van der Waals surface area contributed by atoms with Crippen LogP contribution in [0.4, 0.5) is 5.69 Å². The van der Waals surface area contributed by atoms with E-state index in [1.165, 1.54) is 11.3 Å². The van der Waals surface area contributed by atoms with E-state index >= 15 is 0 Å². The first-order chi connectivity index (χ1) is 15.3. The smallest absolute Gasteiger partial charge is 0.253 e. The van der Waals surface area contributed by atoms with Crippen LogP contribution in [-0.2, 0) is 17.8 Å². The zero-order valence-corrected chi connectivity index (χ0v) is 18.9. The molecule has 3 aromatic rings. The molecule has 0 radical (unpaired) electrons. The number of amides is 1. The van der Waals surface area contributed by atoms with Gasteiger partial charge in [-0.15, -0.1) is 0 Å². The number of H-pyrrole nitrogens is 1. The average Bonchev–Trinajstić information content (AvgIpc) is 3.26. The van der Waals surface area contributed by atoms with Gasteiger partial charge < -0.3 is 19.9 Å². The zero-order chi connectivity index (χ0) is 22.5. The molecule has 2 aliphatic heterocycles. The molecule has 0 aliphatic carbocycles. The van der Waals surface area contributed by atoms with Crippen molar-refractivity contribution in [2.24, 2.45) is 0 Å². The molecule has 3 aromatic heterocycles. The lowest BCUT2D eigenvalue weighted by Gasteiger charge is -2.39. The second-order valence-electron chi connectivity index (χ2n) is 9.56. The lowest BCUT2D eigenvalue weighted by molar-refractivity contribution is -0.148. The van der Waals surface area contributed by atoms with Gasteiger partial charge in [0.25, 0.3) is 5.91 Å². The van der Waals surface area contributed by atoms with Crippen molar-refractivity contribution in [2.75, 3.05) is 18.0 Å². The molecule has 1 atom stereocenters. The third-order valence-corrected chi connectivity index (χ3v) is 6.86. The average molecular weight is 435 g/mol. The predicted octanol–water partition coefficient (Wildman–Crippen LogP) is 2.78. The van der Waals surface area contributed by atoms with Gasteiger partial charge in [0.05, 0.1) is 11.4 Å². The van der Waals surface area contributed by atoms with Gasteiger partial charge in [-0.3, -0.25) is 4.79 Å². The molecule has 2 N–H and O–H groups in total. The Morgan fingerprint density at radius 3 is 2.72 bits per heavy atom. The third-order valence-electron chi connectivity index (χ3n) is 6.86. The molecule has 0 saturated carbocycles. The summed E-state index contributed by atoms with van der Waals surface area (Å²) in [6.07, 6.45) is 8.04. The Kier molecular flexibility index (Phi) is 5.12. The number of hydrogen-bond acceptors (Lipinski definition) is 6. The van der Waals surface area contributed by atoms with E-state index in [4.69, 9.17) is 4.98 Å². The molecule has 8 heteroatoms. The molecule has 1 fully saturated rings. The van der Waals surface area contributed by atoms with Gasteiger partial charge in [0, 0.05) is 67.0 Å². The molecule has 2 aliphatic rings. The number of anilines is 1. The Morgan fingerprint density at radius 2 is 1.97 bits per heavy atom. The highest BCUT2D eigenvalue weighted by atomic mass is 16.3. The number of piperidine rings is 1. The normalized spacial score (nSPS) is 19.9. The standard InChI is InChI=1S/C24H30N6O2/c1-15-12-19-18(13-30(15)20-5-9-26-22-17(20)4-8-25-22)21(28-14-27-19)16-6-10-29(11-7-16)23(31)24(2,3)32/h4-5,8-9,14-16,32H,6-7,10-13H2,1-3H3,(H,25,26). The summed E-state index contributed by atoms with van der Waals surface area (Å²) in [6.45, 7) is 7.39. The topological polar surface area (TPSA) is 98.2 Å². The van der Waals surface area contributed by atoms with E-state index in [1.807, 2.05) is 12.4 Å². The van der Waals surface area contributed by atoms with Crippen LogP contribution >= 0.6 is 0 Å². The molecule has 32 heavy (non-hydrogen) atoms. The number of aliphatic hydroxyl groups is 1. The lowest BCUT2D eigenvalue weighted by Crippen LogP contribution is -2.48. The van der Waals surface area contributed by atoms with E-state index < -0.39 is 5.60 Å². The zero-order valence-electron chi connectivity index (χ0n) is 18.9. The molecule has 5 heterocycles. The summed E-state index contributed by atoms with van der Waals surface area (Å²) in [5, 5.41) is 11.2. The maximum Gasteiger partial charge on any atom is 0.253 e. The van der Waals surface area contributed by atoms with E-state index in [2.05, 4.69) is 38.9 Å². The minimum atomic E-state index is -1.33. The Labute approximate surface area is 187 Å². The molecular formula is C24H30N6O2. The fraction of sp³-hybridized carbons (Fsp3) is 0.500. The number of rotatable bonds is 3. The first-order valence-corrected chi connectivity index (χ1v) is 11.4. The van der Waals surface area contributed by atoms with E-state index in [0.29, 0.717) is 19.1 Å². The minimum absolute atomic E-state index is 0.200. The van der Waals surface area contributed by atoms with Crippen LogP contribution in [0, 0.1) is 0 Å². The third kappa shape index (κ3) is 3.62. The summed E-state index contributed by atoms with van der Waals surface area (Å²) >= 11 is 0. The number of pyridine rings is 1. The number of aromatic nitrogens is 4. The molecule has 0 aromatic carbocycles. The summed E-state index contributed by atoms with van der Waals surface area (Å²) in [6, 6.07) is 4.48. The van der Waals surface area contributed by atoms with Gasteiger partial charge in [0.1, 0.15) is 17.6 Å². The van der Waals surface area contributed by atoms with Crippen molar-refractivity contribution >= 4 is 22.6 Å². The van der Waals surface area contributed by atoms with Crippen LogP contribution in [0.2, 0.25) is 0 Å². The summed E-state index contributed by atoms with van der Waals surface area (Å²) in [5.74, 6) is 0.0893. The maximum atomic E-state index is 12.5. The fourth-order valence-electron chi connectivity index (χ4n) is 5.14. The molecule has 0 bridgehead atoms. The van der Waals surface area contributed by atoms with Crippen LogP contribution in [0.1, 0.15) is 56.5 Å². The SMILES string of the molecule is CC1Cc2ncnc(C3CCN(C(=O)C(C)(C)O)CC3)c2CN1c1ccnc2[nH]ccc12. The van der Waals surface area contributed by atoms with Gasteiger partial charge in [-0.1, -0.05) is 0 Å². The molecule has 0 spiro atoms. The molecule has 8 nitrogen and oxygen atoms in total. The van der Waals surface area contributed by atoms with E-state index in [0.717, 1.165) is 48.2 Å². The maximum absolute atomic E-state index is 12.5. The van der Waals surface area contributed by atoms with Crippen molar-refractivity contribution < 1.29 is 9.90 Å². The van der Waals surface area contributed by atoms with Crippen molar-refractivity contribution in [1.82, 2.24) is 24.8 Å². The van der Waals surface area contributed by atoms with E-state index in [9.17, 15) is 9.90 Å². The van der Waals surface area contributed by atoms with Crippen LogP contribution in [-0.4, -0.2) is 60.6 Å². The number of carbonyl (C=O) groups excluding carboxylic acids is 1. The van der Waals surface area contributed by atoms with Crippen molar-refractivity contribution in [1.29, 1.82) is 0 Å². The van der Waals surface area contributed by atoms with Crippen LogP contribution in [0.15, 0.2) is 30.9 Å². The van der Waals surface area contributed by atoms with Crippen molar-refractivity contribution in [2.45, 2.75) is 64.1 Å². The van der Waals surface area contributed by atoms with Crippen LogP contribution in [0.3, 0.4) is 0 Å². The first kappa shape index (κ1) is 20.9. The molecule has 1 saturated heterocycles. The Balaban J connectivity index is 1.41. The van der Waals surface area contributed by atoms with Gasteiger partial charge >= 0.3 is 0 Å². The van der Waals surface area contributed by atoms with Gasteiger partial charge in [0.2, 0.25) is 0 Å². The number of aromatic amines is 1. The Morgan fingerprint density at radius 1 is 1.19 bits per heavy atom. The first-order valence-electron chi connectivity index (χ1n) is 11.4. The molecular weight excluding hydrogens is 404 g/mol. The van der Waals surface area contributed by atoms with Crippen LogP contribution < -0.4 is 4.90 Å². The highest BCUT2D eigenvalue weighted by molar-refractivity contribution is 5.90. The predicted molar refractivity (Wildman–Crippen MR) is 122 cm³/mol. The second kappa shape index (κ2) is 7.85. The van der Waals surface area contributed by atoms with E-state index in [1.54, 1.807) is 25.1 Å². The van der Waals surface area contributed by atoms with Gasteiger partial charge in [-0.2, -0.15) is 0 Å². The second-order valence-corrected chi connectivity index (χ2v) is 9.56. The van der Waals surface area contributed by atoms with Crippen LogP contribution in [0.25, 0.3) is 11.0 Å². The van der Waals surface area contributed by atoms with Crippen molar-refractivity contribution in [3.05, 3.63) is 47.8 Å². The highest BCUT2D eigenvalue weighted by Gasteiger charge is 2.35. The minimum Gasteiger partial charge on any atom is -0.381 e. The summed E-state index contributed by atoms with van der Waals surface area (Å²) < 4.78 is 0. The van der Waals surface area contributed by atoms with Gasteiger partial charge in [0.15, 0.2) is 0 Å². The van der Waals surface area contributed by atoms with Crippen molar-refractivity contribution in [3.63, 3.8) is 0 Å². The van der Waals surface area contributed by atoms with Gasteiger partial charge in [-0.05, 0) is 45.7 Å². The number of nitrogens with one attached hydrogen (secondary N) is 1. The molecule has 1 unspecified atom stereocenters. The highest BCUT2D eigenvalue weighted by Crippen LogP contribution is 2.36. The number of nitrogens with zero attached hydrogens (tertiary/aromatic N) is 5. The fourth-order valence-corrected chi connectivity index (χ4v) is 5.14. The van der Waals surface area contributed by atoms with Crippen LogP contribution in [0.5, 0.6) is 0 Å². The van der Waals surface area contributed by atoms with Gasteiger partial charge in [-0.25, -0.2) is 15.0 Å².